The van der Waals surface area contributed by atoms with Gasteiger partial charge in [-0.15, -0.1) is 0 Å². The van der Waals surface area contributed by atoms with Crippen LogP contribution in [0.15, 0.2) is 54.6 Å². The van der Waals surface area contributed by atoms with E-state index in [-0.39, 0.29) is 0 Å². The minimum absolute atomic E-state index is 0.434. The summed E-state index contributed by atoms with van der Waals surface area (Å²) in [5.41, 5.74) is 2.07. The third kappa shape index (κ3) is 3.41. The van der Waals surface area contributed by atoms with E-state index < -0.39 is 11.6 Å². The van der Waals surface area contributed by atoms with Gasteiger partial charge < -0.3 is 0 Å². The van der Waals surface area contributed by atoms with Crippen LogP contribution in [0.4, 0.5) is 0 Å². The number of Topliss-reactive ketones (excluding diaryl/α,β-unsaturated/α-hetero) is 2. The Bertz CT molecular complexity index is 595. The van der Waals surface area contributed by atoms with Crippen molar-refractivity contribution in [1.29, 1.82) is 0 Å². The van der Waals surface area contributed by atoms with Crippen molar-refractivity contribution in [3.63, 3.8) is 0 Å². The standard InChI is InChI=1S/C18H18O2/c1-13(2)12-14-8-10-16(11-9-14)18(20)17(19)15-6-4-3-5-7-15/h3-11,13H,12H2,1-2H3. The fourth-order valence-electron chi connectivity index (χ4n) is 2.12. The maximum atomic E-state index is 12.1. The van der Waals surface area contributed by atoms with Crippen molar-refractivity contribution < 1.29 is 9.59 Å². The number of rotatable bonds is 5. The molecular formula is C18H18O2. The summed E-state index contributed by atoms with van der Waals surface area (Å²) in [6.45, 7) is 4.30. The number of ketones is 2. The predicted octanol–water partition coefficient (Wildman–Crippen LogP) is 3.95. The normalized spacial score (nSPS) is 10.6. The predicted molar refractivity (Wildman–Crippen MR) is 80.1 cm³/mol. The van der Waals surface area contributed by atoms with E-state index >= 15 is 0 Å². The summed E-state index contributed by atoms with van der Waals surface area (Å²) >= 11 is 0. The molecule has 0 saturated carbocycles. The van der Waals surface area contributed by atoms with Crippen molar-refractivity contribution in [3.8, 4) is 0 Å². The number of benzene rings is 2. The maximum absolute atomic E-state index is 12.1. The highest BCUT2D eigenvalue weighted by Gasteiger charge is 2.17. The van der Waals surface area contributed by atoms with Crippen LogP contribution in [0, 0.1) is 5.92 Å². The van der Waals surface area contributed by atoms with Crippen LogP contribution in [0.1, 0.15) is 40.1 Å². The average molecular weight is 266 g/mol. The highest BCUT2D eigenvalue weighted by Crippen LogP contribution is 2.12. The van der Waals surface area contributed by atoms with E-state index in [2.05, 4.69) is 13.8 Å². The molecule has 0 aliphatic heterocycles. The Balaban J connectivity index is 2.15. The Labute approximate surface area is 119 Å². The largest absolute Gasteiger partial charge is 0.285 e. The van der Waals surface area contributed by atoms with E-state index in [4.69, 9.17) is 0 Å². The lowest BCUT2D eigenvalue weighted by Gasteiger charge is -2.06. The third-order valence-corrected chi connectivity index (χ3v) is 3.10. The van der Waals surface area contributed by atoms with Gasteiger partial charge in [-0.3, -0.25) is 9.59 Å². The van der Waals surface area contributed by atoms with E-state index in [1.165, 1.54) is 5.56 Å². The van der Waals surface area contributed by atoms with Gasteiger partial charge in [-0.25, -0.2) is 0 Å². The summed E-state index contributed by atoms with van der Waals surface area (Å²) in [6.07, 6.45) is 0.973. The third-order valence-electron chi connectivity index (χ3n) is 3.10. The first-order valence-corrected chi connectivity index (χ1v) is 6.81. The van der Waals surface area contributed by atoms with E-state index in [1.807, 2.05) is 18.2 Å². The average Bonchev–Trinajstić information content (AvgIpc) is 2.47. The van der Waals surface area contributed by atoms with Gasteiger partial charge in [0.25, 0.3) is 0 Å². The fraction of sp³-hybridized carbons (Fsp3) is 0.222. The second kappa shape index (κ2) is 6.29. The van der Waals surface area contributed by atoms with Crippen molar-refractivity contribution in [3.05, 3.63) is 71.3 Å². The minimum atomic E-state index is -0.456. The molecule has 0 saturated heterocycles. The van der Waals surface area contributed by atoms with Gasteiger partial charge in [0, 0.05) is 11.1 Å². The molecule has 2 aromatic rings. The zero-order valence-corrected chi connectivity index (χ0v) is 11.8. The van der Waals surface area contributed by atoms with Crippen molar-refractivity contribution in [2.75, 3.05) is 0 Å². The van der Waals surface area contributed by atoms with Gasteiger partial charge in [0.2, 0.25) is 11.6 Å². The second-order valence-corrected chi connectivity index (χ2v) is 5.32. The van der Waals surface area contributed by atoms with Crippen LogP contribution in [0.25, 0.3) is 0 Å². The van der Waals surface area contributed by atoms with Gasteiger partial charge in [0.05, 0.1) is 0 Å². The molecule has 0 N–H and O–H groups in total. The first kappa shape index (κ1) is 14.2. The van der Waals surface area contributed by atoms with Crippen LogP contribution in [-0.4, -0.2) is 11.6 Å². The van der Waals surface area contributed by atoms with Gasteiger partial charge in [-0.05, 0) is 17.9 Å². The van der Waals surface area contributed by atoms with E-state index in [0.717, 1.165) is 6.42 Å². The van der Waals surface area contributed by atoms with Crippen LogP contribution in [-0.2, 0) is 6.42 Å². The first-order chi connectivity index (χ1) is 9.58. The Morgan fingerprint density at radius 3 is 1.80 bits per heavy atom. The van der Waals surface area contributed by atoms with E-state index in [0.29, 0.717) is 17.0 Å². The summed E-state index contributed by atoms with van der Waals surface area (Å²) < 4.78 is 0. The molecule has 0 heterocycles. The minimum Gasteiger partial charge on any atom is -0.285 e. The molecule has 0 aliphatic rings. The monoisotopic (exact) mass is 266 g/mol. The number of hydrogen-bond donors (Lipinski definition) is 0. The topological polar surface area (TPSA) is 34.1 Å². The molecule has 2 aromatic carbocycles. The maximum Gasteiger partial charge on any atom is 0.233 e. The molecule has 2 nitrogen and oxygen atoms in total. The van der Waals surface area contributed by atoms with Crippen LogP contribution in [0.2, 0.25) is 0 Å². The molecule has 0 unspecified atom stereocenters. The van der Waals surface area contributed by atoms with Gasteiger partial charge in [-0.1, -0.05) is 68.4 Å². The molecule has 102 valence electrons. The highest BCUT2D eigenvalue weighted by molar-refractivity contribution is 6.49. The molecule has 0 aromatic heterocycles. The Hall–Kier alpha value is -2.22. The Kier molecular flexibility index (Phi) is 4.46. The zero-order valence-electron chi connectivity index (χ0n) is 11.8. The molecule has 2 rings (SSSR count). The van der Waals surface area contributed by atoms with Crippen LogP contribution in [0.3, 0.4) is 0 Å². The molecule has 0 fully saturated rings. The summed E-state index contributed by atoms with van der Waals surface area (Å²) in [6, 6.07) is 16.0. The SMILES string of the molecule is CC(C)Cc1ccc(C(=O)C(=O)c2ccccc2)cc1. The fourth-order valence-corrected chi connectivity index (χ4v) is 2.12. The summed E-state index contributed by atoms with van der Waals surface area (Å²) in [4.78, 5) is 24.2. The quantitative estimate of drug-likeness (QED) is 0.606. The van der Waals surface area contributed by atoms with Crippen molar-refractivity contribution in [1.82, 2.24) is 0 Å². The molecule has 20 heavy (non-hydrogen) atoms. The summed E-state index contributed by atoms with van der Waals surface area (Å²) in [5, 5.41) is 0. The van der Waals surface area contributed by atoms with Crippen LogP contribution < -0.4 is 0 Å². The van der Waals surface area contributed by atoms with Gasteiger partial charge in [0.1, 0.15) is 0 Å². The number of carbonyl (C=O) groups excluding carboxylic acids is 2. The zero-order chi connectivity index (χ0) is 14.5. The van der Waals surface area contributed by atoms with Gasteiger partial charge >= 0.3 is 0 Å². The van der Waals surface area contributed by atoms with Gasteiger partial charge in [0.15, 0.2) is 0 Å². The lowest BCUT2D eigenvalue weighted by molar-refractivity contribution is 0.0817. The molecule has 0 bridgehead atoms. The van der Waals surface area contributed by atoms with E-state index in [1.54, 1.807) is 36.4 Å². The summed E-state index contributed by atoms with van der Waals surface area (Å²) in [7, 11) is 0. The van der Waals surface area contributed by atoms with Crippen molar-refractivity contribution in [2.45, 2.75) is 20.3 Å². The molecule has 0 amide bonds. The smallest absolute Gasteiger partial charge is 0.233 e. The number of hydrogen-bond acceptors (Lipinski definition) is 2. The van der Waals surface area contributed by atoms with Gasteiger partial charge in [-0.2, -0.15) is 0 Å². The molecule has 0 atom stereocenters. The van der Waals surface area contributed by atoms with Crippen molar-refractivity contribution in [2.24, 2.45) is 5.92 Å². The molecule has 2 heteroatoms. The van der Waals surface area contributed by atoms with E-state index in [9.17, 15) is 9.59 Å². The first-order valence-electron chi connectivity index (χ1n) is 6.81. The Morgan fingerprint density at radius 2 is 1.30 bits per heavy atom. The van der Waals surface area contributed by atoms with Crippen LogP contribution >= 0.6 is 0 Å². The Morgan fingerprint density at radius 1 is 0.800 bits per heavy atom. The lowest BCUT2D eigenvalue weighted by atomic mass is 9.98. The number of carbonyl (C=O) groups is 2. The second-order valence-electron chi connectivity index (χ2n) is 5.32. The van der Waals surface area contributed by atoms with Crippen LogP contribution in [0.5, 0.6) is 0 Å². The molecule has 0 aliphatic carbocycles. The highest BCUT2D eigenvalue weighted by atomic mass is 16.2. The molecule has 0 radical (unpaired) electrons. The lowest BCUT2D eigenvalue weighted by Crippen LogP contribution is -2.14. The summed E-state index contributed by atoms with van der Waals surface area (Å²) in [5.74, 6) is -0.336. The molecule has 0 spiro atoms. The van der Waals surface area contributed by atoms with Crippen molar-refractivity contribution >= 4 is 11.6 Å². The molecular weight excluding hydrogens is 248 g/mol.